The summed E-state index contributed by atoms with van der Waals surface area (Å²) < 4.78 is 4.99. The third-order valence-corrected chi connectivity index (χ3v) is 6.26. The number of ether oxygens (including phenoxy) is 1. The summed E-state index contributed by atoms with van der Waals surface area (Å²) in [6, 6.07) is 15.0. The summed E-state index contributed by atoms with van der Waals surface area (Å²) in [6.45, 7) is 0. The van der Waals surface area contributed by atoms with Crippen molar-refractivity contribution < 1.29 is 34.4 Å². The van der Waals surface area contributed by atoms with Crippen LogP contribution in [0.3, 0.4) is 0 Å². The number of amides is 1. The van der Waals surface area contributed by atoms with E-state index in [-0.39, 0.29) is 11.1 Å². The van der Waals surface area contributed by atoms with Crippen molar-refractivity contribution in [1.82, 2.24) is 14.8 Å². The maximum atomic E-state index is 13.7. The fraction of sp³-hybridized carbons (Fsp3) is 0.227. The van der Waals surface area contributed by atoms with Gasteiger partial charge in [-0.3, -0.25) is 14.4 Å². The number of primary amides is 1. The normalized spacial score (nSPS) is 27.3. The van der Waals surface area contributed by atoms with Gasteiger partial charge in [0.2, 0.25) is 23.0 Å². The Hall–Kier alpha value is -3.04. The third-order valence-electron chi connectivity index (χ3n) is 5.61. The van der Waals surface area contributed by atoms with Crippen LogP contribution in [0.1, 0.15) is 37.6 Å². The lowest BCUT2D eigenvalue weighted by Crippen LogP contribution is -2.67. The third kappa shape index (κ3) is 3.63. The van der Waals surface area contributed by atoms with Crippen LogP contribution in [-0.4, -0.2) is 69.0 Å². The number of carbonyl (C=O) groups is 3. The summed E-state index contributed by atoms with van der Waals surface area (Å²) in [7, 11) is 0. The Bertz CT molecular complexity index is 1240. The summed E-state index contributed by atoms with van der Waals surface area (Å²) in [5.74, 6) is -3.57. The van der Waals surface area contributed by atoms with Gasteiger partial charge in [0.05, 0.1) is 0 Å². The molecule has 12 heteroatoms. The number of hydrogen-bond acceptors (Lipinski definition) is 9. The first-order chi connectivity index (χ1) is 16.1. The Labute approximate surface area is 206 Å². The zero-order valence-corrected chi connectivity index (χ0v) is 19.5. The molecule has 0 bridgehead atoms. The van der Waals surface area contributed by atoms with Crippen LogP contribution in [0.15, 0.2) is 67.0 Å². The van der Waals surface area contributed by atoms with Gasteiger partial charge < -0.3 is 25.8 Å². The second-order valence-electron chi connectivity index (χ2n) is 7.62. The molecule has 2 heterocycles. The Kier molecular flexibility index (Phi) is 6.35. The van der Waals surface area contributed by atoms with E-state index in [1.54, 1.807) is 12.1 Å². The van der Waals surface area contributed by atoms with E-state index in [1.807, 2.05) is 0 Å². The number of aliphatic hydroxyl groups excluding tert-OH is 1. The lowest BCUT2D eigenvalue weighted by atomic mass is 9.71. The number of Topliss-reactive ketones (excluding diaryl/α,β-unsaturated/α-hetero) is 2. The lowest BCUT2D eigenvalue weighted by molar-refractivity contribution is -0.108. The first-order valence-corrected chi connectivity index (χ1v) is 11.2. The molecule has 1 aromatic heterocycles. The molecule has 0 spiro atoms. The summed E-state index contributed by atoms with van der Waals surface area (Å²) in [5.41, 5.74) is -0.841. The fourth-order valence-corrected chi connectivity index (χ4v) is 4.66. The molecule has 176 valence electrons. The number of nitrogens with two attached hydrogens (primary N) is 1. The van der Waals surface area contributed by atoms with Crippen molar-refractivity contribution in [3.8, 4) is 0 Å². The van der Waals surface area contributed by atoms with Crippen molar-refractivity contribution in [3.05, 3.63) is 83.9 Å². The van der Waals surface area contributed by atoms with Crippen LogP contribution < -0.4 is 5.73 Å². The summed E-state index contributed by atoms with van der Waals surface area (Å²) in [6.07, 6.45) is -2.67. The largest absolute Gasteiger partial charge is 0.380 e. The second-order valence-corrected chi connectivity index (χ2v) is 8.89. The first-order valence-electron chi connectivity index (χ1n) is 9.95. The van der Waals surface area contributed by atoms with Crippen molar-refractivity contribution >= 4 is 40.1 Å². The molecule has 3 aromatic rings. The predicted molar refractivity (Wildman–Crippen MR) is 124 cm³/mol. The molecule has 34 heavy (non-hydrogen) atoms. The Morgan fingerprint density at radius 2 is 1.47 bits per heavy atom. The fourth-order valence-electron chi connectivity index (χ4n) is 3.97. The number of hydrogen-bond donors (Lipinski definition) is 4. The number of ketones is 2. The maximum Gasteiger partial charge on any atom is 0.288 e. The van der Waals surface area contributed by atoms with E-state index < -0.39 is 50.9 Å². The highest BCUT2D eigenvalue weighted by Crippen LogP contribution is 2.50. The molecule has 5 N–H and O–H groups in total. The molecule has 1 amide bonds. The van der Waals surface area contributed by atoms with Crippen molar-refractivity contribution in [2.75, 3.05) is 0 Å². The first kappa shape index (κ1) is 24.1. The molecular weight excluding hydrogens is 559 g/mol. The van der Waals surface area contributed by atoms with Crippen LogP contribution in [0.5, 0.6) is 0 Å². The predicted octanol–water partition coefficient (Wildman–Crippen LogP) is 0.256. The average Bonchev–Trinajstić information content (AvgIpc) is 3.42. The van der Waals surface area contributed by atoms with Gasteiger partial charge in [-0.15, -0.1) is 5.10 Å². The van der Waals surface area contributed by atoms with Gasteiger partial charge in [0.15, 0.2) is 11.8 Å². The minimum Gasteiger partial charge on any atom is -0.380 e. The quantitative estimate of drug-likeness (QED) is 0.174. The molecule has 1 fully saturated rings. The van der Waals surface area contributed by atoms with Crippen molar-refractivity contribution in [2.45, 2.75) is 27.6 Å². The molecule has 2 aromatic carbocycles. The second kappa shape index (κ2) is 8.96. The molecule has 1 aliphatic heterocycles. The molecule has 1 unspecified atom stereocenters. The number of halogens is 1. The van der Waals surface area contributed by atoms with E-state index in [1.165, 1.54) is 71.1 Å². The lowest BCUT2D eigenvalue weighted by Gasteiger charge is -2.38. The van der Waals surface area contributed by atoms with E-state index >= 15 is 0 Å². The minimum atomic E-state index is -3.00. The Balaban J connectivity index is 1.96. The standard InChI is InChI=1S/C22H19IN4O7/c23-17(30)16-21(32,14(28)12-7-3-1-4-8-12)22(33,15(29)13-9-5-2-6-10-13)20(34-16)27-11-25-19(26-27)18(24)31/h1-11,16-17,20,30,32-33H,(H2,24,31)/t16-,17?,20-,21-,22+/m1/s1. The van der Waals surface area contributed by atoms with E-state index in [9.17, 15) is 29.7 Å². The molecule has 1 aliphatic rings. The van der Waals surface area contributed by atoms with E-state index in [0.29, 0.717) is 0 Å². The minimum absolute atomic E-state index is 0.0352. The van der Waals surface area contributed by atoms with Gasteiger partial charge in [-0.2, -0.15) is 0 Å². The monoisotopic (exact) mass is 578 g/mol. The van der Waals surface area contributed by atoms with Crippen LogP contribution in [0.2, 0.25) is 0 Å². The number of aliphatic hydroxyl groups is 3. The van der Waals surface area contributed by atoms with Crippen LogP contribution in [0.25, 0.3) is 0 Å². The summed E-state index contributed by atoms with van der Waals surface area (Å²) in [4.78, 5) is 42.6. The SMILES string of the molecule is NC(=O)c1ncn([C@@H]2O[C@H](C(O)I)[C@](O)(C(=O)c3ccccc3)[C@]2(O)C(=O)c2ccccc2)n1. The number of nitrogens with zero attached hydrogens (tertiary/aromatic N) is 3. The number of alkyl halides is 1. The highest BCUT2D eigenvalue weighted by atomic mass is 127. The van der Waals surface area contributed by atoms with Gasteiger partial charge in [0.1, 0.15) is 16.5 Å². The molecule has 4 rings (SSSR count). The Morgan fingerprint density at radius 1 is 0.971 bits per heavy atom. The van der Waals surface area contributed by atoms with E-state index in [4.69, 9.17) is 10.5 Å². The zero-order valence-electron chi connectivity index (χ0n) is 17.4. The van der Waals surface area contributed by atoms with Gasteiger partial charge in [-0.05, 0) is 22.6 Å². The number of rotatable bonds is 7. The average molecular weight is 578 g/mol. The van der Waals surface area contributed by atoms with Crippen LogP contribution in [-0.2, 0) is 4.74 Å². The molecule has 0 aliphatic carbocycles. The van der Waals surface area contributed by atoms with Gasteiger partial charge in [0.25, 0.3) is 5.91 Å². The van der Waals surface area contributed by atoms with Crippen molar-refractivity contribution in [1.29, 1.82) is 0 Å². The van der Waals surface area contributed by atoms with Gasteiger partial charge >= 0.3 is 0 Å². The molecule has 0 saturated carbocycles. The smallest absolute Gasteiger partial charge is 0.288 e. The topological polar surface area (TPSA) is 178 Å². The van der Waals surface area contributed by atoms with Gasteiger partial charge in [-0.1, -0.05) is 60.7 Å². The molecule has 0 radical (unpaired) electrons. The highest BCUT2D eigenvalue weighted by molar-refractivity contribution is 14.1. The van der Waals surface area contributed by atoms with Crippen LogP contribution >= 0.6 is 22.6 Å². The molecule has 5 atom stereocenters. The van der Waals surface area contributed by atoms with E-state index in [0.717, 1.165) is 11.0 Å². The van der Waals surface area contributed by atoms with Gasteiger partial charge in [-0.25, -0.2) is 9.67 Å². The van der Waals surface area contributed by atoms with Crippen LogP contribution in [0, 0.1) is 0 Å². The number of aromatic nitrogens is 3. The number of benzene rings is 2. The van der Waals surface area contributed by atoms with Crippen molar-refractivity contribution in [3.63, 3.8) is 0 Å². The summed E-state index contributed by atoms with van der Waals surface area (Å²) >= 11 is 1.50. The van der Waals surface area contributed by atoms with Gasteiger partial charge in [0, 0.05) is 11.1 Å². The summed E-state index contributed by atoms with van der Waals surface area (Å²) in [5, 5.41) is 38.1. The van der Waals surface area contributed by atoms with Crippen molar-refractivity contribution in [2.24, 2.45) is 5.73 Å². The molecule has 11 nitrogen and oxygen atoms in total. The maximum absolute atomic E-state index is 13.7. The zero-order chi connectivity index (χ0) is 24.7. The molecule has 1 saturated heterocycles. The number of carbonyl (C=O) groups excluding carboxylic acids is 3. The molecular formula is C22H19IN4O7. The van der Waals surface area contributed by atoms with E-state index in [2.05, 4.69) is 10.1 Å². The Morgan fingerprint density at radius 3 is 1.91 bits per heavy atom. The highest BCUT2D eigenvalue weighted by Gasteiger charge is 2.75. The van der Waals surface area contributed by atoms with Crippen LogP contribution in [0.4, 0.5) is 0 Å².